The molecular weight excluding hydrogens is 178 g/mol. The molecule has 1 aliphatic heterocycles. The average Bonchev–Trinajstić information content (AvgIpc) is 2.19. The second-order valence-corrected chi connectivity index (χ2v) is 4.07. The summed E-state index contributed by atoms with van der Waals surface area (Å²) in [6.07, 6.45) is 9.89. The number of thiol groups is 1. The summed E-state index contributed by atoms with van der Waals surface area (Å²) in [6, 6.07) is 0.832. The maximum atomic E-state index is 4.16. The summed E-state index contributed by atoms with van der Waals surface area (Å²) in [7, 11) is 0. The minimum Gasteiger partial charge on any atom is -0.297 e. The van der Waals surface area contributed by atoms with Gasteiger partial charge in [-0.25, -0.2) is 0 Å². The first-order chi connectivity index (χ1) is 6.38. The highest BCUT2D eigenvalue weighted by molar-refractivity contribution is 7.80. The maximum absolute atomic E-state index is 4.16. The van der Waals surface area contributed by atoms with Gasteiger partial charge in [0.05, 0.1) is 0 Å². The molecule has 0 saturated carbocycles. The van der Waals surface area contributed by atoms with Crippen molar-refractivity contribution in [1.29, 1.82) is 0 Å². The largest absolute Gasteiger partial charge is 0.297 e. The Labute approximate surface area is 87.6 Å². The van der Waals surface area contributed by atoms with Crippen LogP contribution in [0.15, 0.2) is 12.2 Å². The van der Waals surface area contributed by atoms with Crippen molar-refractivity contribution >= 4 is 12.6 Å². The highest BCUT2D eigenvalue weighted by Crippen LogP contribution is 2.18. The second-order valence-electron chi connectivity index (χ2n) is 3.71. The van der Waals surface area contributed by atoms with Crippen molar-refractivity contribution in [2.24, 2.45) is 0 Å². The molecule has 76 valence electrons. The fourth-order valence-electron chi connectivity index (χ4n) is 2.05. The Morgan fingerprint density at radius 1 is 1.38 bits per heavy atom. The van der Waals surface area contributed by atoms with E-state index in [-0.39, 0.29) is 0 Å². The molecule has 1 rings (SSSR count). The fraction of sp³-hybridized carbons (Fsp3) is 0.818. The molecule has 0 aromatic carbocycles. The highest BCUT2D eigenvalue weighted by Gasteiger charge is 2.18. The van der Waals surface area contributed by atoms with Gasteiger partial charge in [0.25, 0.3) is 0 Å². The van der Waals surface area contributed by atoms with E-state index in [0.717, 1.165) is 18.3 Å². The van der Waals surface area contributed by atoms with Gasteiger partial charge < -0.3 is 0 Å². The molecule has 1 aliphatic rings. The Morgan fingerprint density at radius 3 is 2.92 bits per heavy atom. The summed E-state index contributed by atoms with van der Waals surface area (Å²) >= 11 is 4.16. The predicted octanol–water partition coefficient (Wildman–Crippen LogP) is 2.74. The molecule has 0 aromatic rings. The van der Waals surface area contributed by atoms with E-state index in [1.807, 2.05) is 0 Å². The number of likely N-dealkylation sites (tertiary alicyclic amines) is 1. The van der Waals surface area contributed by atoms with E-state index in [1.165, 1.54) is 32.2 Å². The zero-order chi connectivity index (χ0) is 9.52. The summed E-state index contributed by atoms with van der Waals surface area (Å²) < 4.78 is 0. The van der Waals surface area contributed by atoms with Crippen molar-refractivity contribution in [1.82, 2.24) is 4.90 Å². The second kappa shape index (κ2) is 6.50. The third-order valence-corrected chi connectivity index (χ3v) is 3.04. The van der Waals surface area contributed by atoms with Gasteiger partial charge in [-0.2, -0.15) is 12.6 Å². The van der Waals surface area contributed by atoms with Crippen LogP contribution in [0.25, 0.3) is 0 Å². The summed E-state index contributed by atoms with van der Waals surface area (Å²) in [5.41, 5.74) is 0. The van der Waals surface area contributed by atoms with Gasteiger partial charge in [-0.05, 0) is 25.8 Å². The molecule has 0 spiro atoms. The Bertz CT molecular complexity index is 156. The van der Waals surface area contributed by atoms with Crippen molar-refractivity contribution in [3.63, 3.8) is 0 Å². The third-order valence-electron chi connectivity index (χ3n) is 2.83. The van der Waals surface area contributed by atoms with E-state index in [1.54, 1.807) is 0 Å². The first-order valence-corrected chi connectivity index (χ1v) is 6.01. The summed E-state index contributed by atoms with van der Waals surface area (Å²) in [5.74, 6) is 0.866. The van der Waals surface area contributed by atoms with Gasteiger partial charge in [-0.3, -0.25) is 4.90 Å². The lowest BCUT2D eigenvalue weighted by Gasteiger charge is -2.34. The quantitative estimate of drug-likeness (QED) is 0.538. The molecule has 0 radical (unpaired) electrons. The molecule has 1 unspecified atom stereocenters. The molecule has 1 saturated heterocycles. The molecule has 0 aliphatic carbocycles. The standard InChI is InChI=1S/C11H21NS/c1-2-11-7-3-4-8-12(11)9-5-6-10-13/h5-6,11,13H,2-4,7-10H2,1H3. The smallest absolute Gasteiger partial charge is 0.0166 e. The zero-order valence-corrected chi connectivity index (χ0v) is 9.47. The summed E-state index contributed by atoms with van der Waals surface area (Å²) in [6.45, 7) is 4.71. The predicted molar refractivity (Wildman–Crippen MR) is 62.5 cm³/mol. The van der Waals surface area contributed by atoms with Gasteiger partial charge in [-0.15, -0.1) is 0 Å². The molecule has 1 fully saturated rings. The van der Waals surface area contributed by atoms with Crippen molar-refractivity contribution in [3.8, 4) is 0 Å². The van der Waals surface area contributed by atoms with E-state index < -0.39 is 0 Å². The van der Waals surface area contributed by atoms with E-state index in [4.69, 9.17) is 0 Å². The lowest BCUT2D eigenvalue weighted by Crippen LogP contribution is -2.39. The van der Waals surface area contributed by atoms with Crippen molar-refractivity contribution in [2.45, 2.75) is 38.6 Å². The van der Waals surface area contributed by atoms with Gasteiger partial charge in [0.15, 0.2) is 0 Å². The molecule has 1 nitrogen and oxygen atoms in total. The Kier molecular flexibility index (Phi) is 5.56. The van der Waals surface area contributed by atoms with Gasteiger partial charge in [0.1, 0.15) is 0 Å². The Hall–Kier alpha value is 0.0500. The molecule has 1 atom stereocenters. The summed E-state index contributed by atoms with van der Waals surface area (Å²) in [5, 5.41) is 0. The van der Waals surface area contributed by atoms with Crippen LogP contribution >= 0.6 is 12.6 Å². The lowest BCUT2D eigenvalue weighted by atomic mass is 10.0. The molecule has 2 heteroatoms. The van der Waals surface area contributed by atoms with Crippen LogP contribution in [0.5, 0.6) is 0 Å². The van der Waals surface area contributed by atoms with Crippen LogP contribution < -0.4 is 0 Å². The minimum atomic E-state index is 0.832. The van der Waals surface area contributed by atoms with E-state index >= 15 is 0 Å². The minimum absolute atomic E-state index is 0.832. The number of hydrogen-bond donors (Lipinski definition) is 1. The maximum Gasteiger partial charge on any atom is 0.0166 e. The van der Waals surface area contributed by atoms with Crippen LogP contribution in [0, 0.1) is 0 Å². The average molecular weight is 199 g/mol. The van der Waals surface area contributed by atoms with E-state index in [9.17, 15) is 0 Å². The number of hydrogen-bond acceptors (Lipinski definition) is 2. The van der Waals surface area contributed by atoms with Gasteiger partial charge >= 0.3 is 0 Å². The van der Waals surface area contributed by atoms with Crippen LogP contribution in [0.3, 0.4) is 0 Å². The molecule has 1 heterocycles. The van der Waals surface area contributed by atoms with E-state index in [2.05, 4.69) is 36.6 Å². The molecule has 0 amide bonds. The van der Waals surface area contributed by atoms with Crippen molar-refractivity contribution in [2.75, 3.05) is 18.8 Å². The Balaban J connectivity index is 2.31. The molecule has 0 aromatic heterocycles. The van der Waals surface area contributed by atoms with Crippen LogP contribution in [-0.2, 0) is 0 Å². The third kappa shape index (κ3) is 3.74. The van der Waals surface area contributed by atoms with E-state index in [0.29, 0.717) is 0 Å². The van der Waals surface area contributed by atoms with Crippen molar-refractivity contribution < 1.29 is 0 Å². The first kappa shape index (κ1) is 11.1. The monoisotopic (exact) mass is 199 g/mol. The number of nitrogens with zero attached hydrogens (tertiary/aromatic N) is 1. The highest BCUT2D eigenvalue weighted by atomic mass is 32.1. The van der Waals surface area contributed by atoms with Crippen molar-refractivity contribution in [3.05, 3.63) is 12.2 Å². The summed E-state index contributed by atoms with van der Waals surface area (Å²) in [4.78, 5) is 2.60. The van der Waals surface area contributed by atoms with Crippen LogP contribution in [0.4, 0.5) is 0 Å². The molecular formula is C11H21NS. The Morgan fingerprint density at radius 2 is 2.23 bits per heavy atom. The normalized spacial score (nSPS) is 25.5. The van der Waals surface area contributed by atoms with Crippen LogP contribution in [-0.4, -0.2) is 29.8 Å². The topological polar surface area (TPSA) is 3.24 Å². The van der Waals surface area contributed by atoms with Gasteiger partial charge in [-0.1, -0.05) is 25.5 Å². The first-order valence-electron chi connectivity index (χ1n) is 5.38. The van der Waals surface area contributed by atoms with Gasteiger partial charge in [0, 0.05) is 18.3 Å². The number of rotatable bonds is 4. The van der Waals surface area contributed by atoms with Gasteiger partial charge in [0.2, 0.25) is 0 Å². The number of piperidine rings is 1. The molecule has 13 heavy (non-hydrogen) atoms. The van der Waals surface area contributed by atoms with Crippen LogP contribution in [0.1, 0.15) is 32.6 Å². The fourth-order valence-corrected chi connectivity index (χ4v) is 2.20. The molecule has 0 bridgehead atoms. The molecule has 0 N–H and O–H groups in total. The lowest BCUT2D eigenvalue weighted by molar-refractivity contribution is 0.161. The zero-order valence-electron chi connectivity index (χ0n) is 8.58. The van der Waals surface area contributed by atoms with Crippen LogP contribution in [0.2, 0.25) is 0 Å². The SMILES string of the molecule is CCC1CCCCN1CC=CCS.